The molecule has 0 bridgehead atoms. The number of carbonyl (C=O) groups excluding carboxylic acids is 1. The van der Waals surface area contributed by atoms with Crippen molar-refractivity contribution in [1.82, 2.24) is 14.3 Å². The lowest BCUT2D eigenvalue weighted by Crippen LogP contribution is -2.33. The molecule has 1 aromatic heterocycles. The lowest BCUT2D eigenvalue weighted by Gasteiger charge is -2.27. The average Bonchev–Trinajstić information content (AvgIpc) is 3.53. The van der Waals surface area contributed by atoms with Crippen LogP contribution in [0.4, 0.5) is 8.78 Å². The van der Waals surface area contributed by atoms with Gasteiger partial charge in [-0.2, -0.15) is 0 Å². The highest BCUT2D eigenvalue weighted by Crippen LogP contribution is 2.55. The minimum absolute atomic E-state index is 0.0973. The van der Waals surface area contributed by atoms with Crippen LogP contribution in [0.15, 0.2) is 47.3 Å². The molecule has 2 aromatic carbocycles. The van der Waals surface area contributed by atoms with Crippen molar-refractivity contribution >= 4 is 17.5 Å². The van der Waals surface area contributed by atoms with E-state index < -0.39 is 23.0 Å². The first-order valence-electron chi connectivity index (χ1n) is 12.3. The van der Waals surface area contributed by atoms with Crippen LogP contribution in [-0.4, -0.2) is 38.4 Å². The molecule has 7 nitrogen and oxygen atoms in total. The first kappa shape index (κ1) is 25.6. The molecule has 37 heavy (non-hydrogen) atoms. The zero-order chi connectivity index (χ0) is 26.3. The molecule has 1 aliphatic carbocycles. The number of nitrogens with two attached hydrogens (primary N) is 1. The number of halogens is 3. The summed E-state index contributed by atoms with van der Waals surface area (Å²) in [5.74, 6) is -1.84. The third-order valence-electron chi connectivity index (χ3n) is 7.78. The zero-order valence-corrected chi connectivity index (χ0v) is 21.1. The van der Waals surface area contributed by atoms with E-state index >= 15 is 0 Å². The summed E-state index contributed by atoms with van der Waals surface area (Å²) in [4.78, 5) is 27.8. The van der Waals surface area contributed by atoms with Crippen molar-refractivity contribution in [3.63, 3.8) is 0 Å². The maximum absolute atomic E-state index is 13.7. The summed E-state index contributed by atoms with van der Waals surface area (Å²) in [5, 5.41) is 10.2. The van der Waals surface area contributed by atoms with Crippen LogP contribution in [0.5, 0.6) is 0 Å². The van der Waals surface area contributed by atoms with Crippen LogP contribution in [0.1, 0.15) is 35.2 Å². The number of carbonyl (C=O) groups is 1. The Balaban J connectivity index is 1.45. The number of benzene rings is 2. The average molecular weight is 531 g/mol. The lowest BCUT2D eigenvalue weighted by molar-refractivity contribution is -0.124. The van der Waals surface area contributed by atoms with E-state index in [1.165, 1.54) is 12.1 Å². The Morgan fingerprint density at radius 1 is 1.08 bits per heavy atom. The van der Waals surface area contributed by atoms with Crippen LogP contribution >= 0.6 is 11.6 Å². The van der Waals surface area contributed by atoms with E-state index in [0.29, 0.717) is 68.1 Å². The second-order valence-electron chi connectivity index (χ2n) is 10.1. The van der Waals surface area contributed by atoms with Gasteiger partial charge in [0.05, 0.1) is 17.5 Å². The quantitative estimate of drug-likeness (QED) is 0.445. The van der Waals surface area contributed by atoms with Crippen molar-refractivity contribution in [3.05, 3.63) is 91.9 Å². The van der Waals surface area contributed by atoms with Crippen LogP contribution < -0.4 is 11.3 Å². The fourth-order valence-corrected chi connectivity index (χ4v) is 5.75. The van der Waals surface area contributed by atoms with E-state index in [0.717, 1.165) is 17.3 Å². The van der Waals surface area contributed by atoms with Gasteiger partial charge in [-0.1, -0.05) is 23.7 Å². The minimum Gasteiger partial charge on any atom is -0.396 e. The number of hydrogen-bond donors (Lipinski definition) is 2. The van der Waals surface area contributed by atoms with E-state index in [-0.39, 0.29) is 18.1 Å². The Morgan fingerprint density at radius 3 is 2.41 bits per heavy atom. The highest BCUT2D eigenvalue weighted by atomic mass is 35.5. The highest BCUT2D eigenvalue weighted by molar-refractivity contribution is 6.30. The van der Waals surface area contributed by atoms with E-state index in [9.17, 15) is 23.5 Å². The lowest BCUT2D eigenvalue weighted by atomic mass is 9.98. The summed E-state index contributed by atoms with van der Waals surface area (Å²) in [6, 6.07) is 10.7. The third kappa shape index (κ3) is 5.08. The molecule has 2 heterocycles. The molecular formula is C27H29ClF2N4O3. The van der Waals surface area contributed by atoms with Crippen molar-refractivity contribution in [1.29, 1.82) is 0 Å². The van der Waals surface area contributed by atoms with Gasteiger partial charge in [-0.25, -0.2) is 13.5 Å². The smallest absolute Gasteiger partial charge is 0.271 e. The number of aromatic nitrogens is 2. The Kier molecular flexibility index (Phi) is 6.95. The van der Waals surface area contributed by atoms with Gasteiger partial charge in [0.25, 0.3) is 5.56 Å². The van der Waals surface area contributed by atoms with Crippen LogP contribution in [0.2, 0.25) is 5.02 Å². The molecule has 0 saturated heterocycles. The van der Waals surface area contributed by atoms with Gasteiger partial charge in [-0.15, -0.1) is 0 Å². The molecule has 2 atom stereocenters. The zero-order valence-electron chi connectivity index (χ0n) is 20.3. The number of fused-ring (bicyclic) bond motifs is 1. The largest absolute Gasteiger partial charge is 0.396 e. The minimum atomic E-state index is -0.755. The van der Waals surface area contributed by atoms with Gasteiger partial charge in [0.2, 0.25) is 5.91 Å². The van der Waals surface area contributed by atoms with Gasteiger partial charge < -0.3 is 10.8 Å². The number of rotatable bonds is 9. The van der Waals surface area contributed by atoms with Crippen LogP contribution in [-0.2, 0) is 37.4 Å². The fraction of sp³-hybridized carbons (Fsp3) is 0.407. The van der Waals surface area contributed by atoms with Crippen LogP contribution in [0, 0.1) is 23.0 Å². The molecular weight excluding hydrogens is 502 g/mol. The van der Waals surface area contributed by atoms with E-state index in [2.05, 4.69) is 0 Å². The standard InChI is InChI=1S/C27H29ClF2N4O3/c28-20-3-1-17(2-4-20)14-34-25(36)23-15-32(13-18-9-21(29)11-22(30)10-18)7-5-24(23)33(34)8-6-27(26(31)37)12-19(27)16-35/h1-4,9-11,19,35H,5-8,12-16H2,(H2,31,37). The van der Waals surface area contributed by atoms with Crippen molar-refractivity contribution in [3.8, 4) is 0 Å². The SMILES string of the molecule is NC(=O)C1(CCn2c3c(c(=O)n2Cc2ccc(Cl)cc2)CN(Cc2cc(F)cc(F)c2)CC3)CC1CO. The van der Waals surface area contributed by atoms with E-state index in [1.807, 2.05) is 21.7 Å². The molecule has 196 valence electrons. The molecule has 3 N–H and O–H groups in total. The second kappa shape index (κ2) is 10.0. The molecule has 10 heteroatoms. The predicted molar refractivity (Wildman–Crippen MR) is 135 cm³/mol. The molecule has 0 radical (unpaired) electrons. The van der Waals surface area contributed by atoms with Crippen molar-refractivity contribution in [2.24, 2.45) is 17.1 Å². The first-order valence-corrected chi connectivity index (χ1v) is 12.7. The number of nitrogens with zero attached hydrogens (tertiary/aromatic N) is 3. The summed E-state index contributed by atoms with van der Waals surface area (Å²) in [6.45, 7) is 1.91. The monoisotopic (exact) mass is 530 g/mol. The Labute approximate surface area is 218 Å². The van der Waals surface area contributed by atoms with Crippen molar-refractivity contribution in [2.75, 3.05) is 13.2 Å². The molecule has 1 aliphatic heterocycles. The molecule has 0 spiro atoms. The topological polar surface area (TPSA) is 93.5 Å². The maximum atomic E-state index is 13.7. The third-order valence-corrected chi connectivity index (χ3v) is 8.03. The summed E-state index contributed by atoms with van der Waals surface area (Å²) in [6.07, 6.45) is 1.55. The molecule has 2 aliphatic rings. The summed E-state index contributed by atoms with van der Waals surface area (Å²) in [5.41, 5.74) is 7.74. The van der Waals surface area contributed by atoms with E-state index in [4.69, 9.17) is 17.3 Å². The maximum Gasteiger partial charge on any atom is 0.271 e. The van der Waals surface area contributed by atoms with Crippen LogP contribution in [0.3, 0.4) is 0 Å². The fourth-order valence-electron chi connectivity index (χ4n) is 5.62. The molecule has 2 unspecified atom stereocenters. The summed E-state index contributed by atoms with van der Waals surface area (Å²) < 4.78 is 31.0. The van der Waals surface area contributed by atoms with Gasteiger partial charge in [-0.3, -0.25) is 19.2 Å². The Hall–Kier alpha value is -3.01. The Morgan fingerprint density at radius 2 is 1.78 bits per heavy atom. The highest BCUT2D eigenvalue weighted by Gasteiger charge is 2.58. The summed E-state index contributed by atoms with van der Waals surface area (Å²) in [7, 11) is 0. The van der Waals surface area contributed by atoms with Gasteiger partial charge in [-0.05, 0) is 54.2 Å². The first-order chi connectivity index (χ1) is 17.7. The van der Waals surface area contributed by atoms with Crippen molar-refractivity contribution in [2.45, 2.75) is 45.4 Å². The van der Waals surface area contributed by atoms with Crippen LogP contribution in [0.25, 0.3) is 0 Å². The number of aliphatic hydroxyl groups excluding tert-OH is 1. The predicted octanol–water partition coefficient (Wildman–Crippen LogP) is 3.06. The number of hydrogen-bond acceptors (Lipinski definition) is 4. The van der Waals surface area contributed by atoms with Gasteiger partial charge in [0.15, 0.2) is 0 Å². The Bertz CT molecular complexity index is 1370. The molecule has 3 aromatic rings. The normalized spacial score (nSPS) is 21.1. The van der Waals surface area contributed by atoms with E-state index in [1.54, 1.807) is 16.8 Å². The van der Waals surface area contributed by atoms with Gasteiger partial charge in [0.1, 0.15) is 11.6 Å². The number of amides is 1. The second-order valence-corrected chi connectivity index (χ2v) is 10.6. The van der Waals surface area contributed by atoms with Gasteiger partial charge >= 0.3 is 0 Å². The van der Waals surface area contributed by atoms with Gasteiger partial charge in [0, 0.05) is 56.0 Å². The summed E-state index contributed by atoms with van der Waals surface area (Å²) >= 11 is 6.04. The number of aliphatic hydroxyl groups is 1. The molecule has 1 saturated carbocycles. The number of primary amides is 1. The molecule has 5 rings (SSSR count). The van der Waals surface area contributed by atoms with Crippen molar-refractivity contribution < 1.29 is 18.7 Å². The molecule has 1 fully saturated rings. The molecule has 1 amide bonds.